The first-order valence-electron chi connectivity index (χ1n) is 8.80. The Kier molecular flexibility index (Phi) is 7.87. The van der Waals surface area contributed by atoms with Gasteiger partial charge in [-0.1, -0.05) is 24.3 Å². The minimum Gasteiger partial charge on any atom is -0.495 e. The van der Waals surface area contributed by atoms with Crippen LogP contribution in [0, 0.1) is 5.92 Å². The van der Waals surface area contributed by atoms with Crippen LogP contribution in [0.25, 0.3) is 0 Å². The van der Waals surface area contributed by atoms with Crippen LogP contribution in [0.1, 0.15) is 19.3 Å². The Morgan fingerprint density at radius 2 is 2.04 bits per heavy atom. The molecule has 1 fully saturated rings. The Balaban J connectivity index is 0.00000225. The molecule has 5 nitrogen and oxygen atoms in total. The summed E-state index contributed by atoms with van der Waals surface area (Å²) in [5.74, 6) is 2.49. The summed E-state index contributed by atoms with van der Waals surface area (Å²) in [4.78, 5) is 6.77. The zero-order valence-electron chi connectivity index (χ0n) is 15.1. The van der Waals surface area contributed by atoms with Gasteiger partial charge in [-0.25, -0.2) is 0 Å². The van der Waals surface area contributed by atoms with Crippen LogP contribution in [0.5, 0.6) is 5.75 Å². The molecule has 0 bridgehead atoms. The number of methoxy groups -OCH3 is 1. The highest BCUT2D eigenvalue weighted by molar-refractivity contribution is 14.0. The van der Waals surface area contributed by atoms with Crippen molar-refractivity contribution in [3.8, 4) is 5.75 Å². The normalized spacial score (nSPS) is 20.5. The van der Waals surface area contributed by atoms with Crippen LogP contribution in [0.15, 0.2) is 41.4 Å². The van der Waals surface area contributed by atoms with Gasteiger partial charge in [0.1, 0.15) is 5.75 Å². The minimum atomic E-state index is 0. The van der Waals surface area contributed by atoms with Crippen molar-refractivity contribution in [2.45, 2.75) is 25.3 Å². The first kappa shape index (κ1) is 19.9. The van der Waals surface area contributed by atoms with Crippen molar-refractivity contribution in [2.24, 2.45) is 10.9 Å². The van der Waals surface area contributed by atoms with Gasteiger partial charge in [-0.3, -0.25) is 4.99 Å². The molecule has 138 valence electrons. The maximum atomic E-state index is 5.49. The monoisotopic (exact) mass is 456 g/mol. The number of benzene rings is 1. The number of guanidine groups is 1. The number of hydrogen-bond donors (Lipinski definition) is 2. The van der Waals surface area contributed by atoms with Crippen molar-refractivity contribution in [1.82, 2.24) is 10.6 Å². The number of aliphatic imine (C=N–C) groups is 1. The van der Waals surface area contributed by atoms with E-state index in [1.165, 1.54) is 12.1 Å². The summed E-state index contributed by atoms with van der Waals surface area (Å²) in [5, 5.41) is 6.99. The quantitative estimate of drug-likeness (QED) is 0.310. The summed E-state index contributed by atoms with van der Waals surface area (Å²) in [7, 11) is 3.58. The van der Waals surface area contributed by atoms with Crippen LogP contribution in [0.4, 0.5) is 5.69 Å². The molecule has 1 aromatic rings. The van der Waals surface area contributed by atoms with Gasteiger partial charge < -0.3 is 20.3 Å². The fraction of sp³-hybridized carbons (Fsp3) is 0.526. The smallest absolute Gasteiger partial charge is 0.191 e. The fourth-order valence-corrected chi connectivity index (χ4v) is 3.47. The number of nitrogens with one attached hydrogen (secondary N) is 2. The van der Waals surface area contributed by atoms with Crippen molar-refractivity contribution in [3.05, 3.63) is 36.4 Å². The second kappa shape index (κ2) is 9.89. The van der Waals surface area contributed by atoms with Gasteiger partial charge in [0.2, 0.25) is 0 Å². The van der Waals surface area contributed by atoms with Gasteiger partial charge in [0, 0.05) is 32.7 Å². The Morgan fingerprint density at radius 1 is 1.28 bits per heavy atom. The number of rotatable bonds is 5. The van der Waals surface area contributed by atoms with E-state index in [4.69, 9.17) is 4.74 Å². The fourth-order valence-electron chi connectivity index (χ4n) is 3.47. The highest BCUT2D eigenvalue weighted by Gasteiger charge is 2.24. The van der Waals surface area contributed by atoms with Gasteiger partial charge in [0.15, 0.2) is 5.96 Å². The van der Waals surface area contributed by atoms with E-state index in [0.717, 1.165) is 44.2 Å². The molecule has 1 unspecified atom stereocenters. The van der Waals surface area contributed by atoms with Gasteiger partial charge in [-0.15, -0.1) is 24.0 Å². The van der Waals surface area contributed by atoms with Crippen LogP contribution >= 0.6 is 24.0 Å². The van der Waals surface area contributed by atoms with E-state index < -0.39 is 0 Å². The molecule has 6 heteroatoms. The third kappa shape index (κ3) is 5.26. The number of hydrogen-bond acceptors (Lipinski definition) is 3. The molecule has 3 rings (SSSR count). The van der Waals surface area contributed by atoms with Crippen molar-refractivity contribution < 1.29 is 4.74 Å². The molecular formula is C19H29IN4O. The number of anilines is 1. The molecule has 0 aromatic heterocycles. The van der Waals surface area contributed by atoms with Gasteiger partial charge in [-0.05, 0) is 37.3 Å². The van der Waals surface area contributed by atoms with Crippen LogP contribution in [0.2, 0.25) is 0 Å². The molecule has 1 heterocycles. The molecule has 0 spiro atoms. The number of para-hydroxylation sites is 2. The van der Waals surface area contributed by atoms with Crippen molar-refractivity contribution in [2.75, 3.05) is 38.7 Å². The molecule has 1 saturated heterocycles. The third-order valence-electron chi connectivity index (χ3n) is 4.84. The lowest BCUT2D eigenvalue weighted by atomic mass is 10.1. The molecule has 0 saturated carbocycles. The zero-order valence-corrected chi connectivity index (χ0v) is 17.4. The molecule has 1 aromatic carbocycles. The summed E-state index contributed by atoms with van der Waals surface area (Å²) in [6.07, 6.45) is 7.82. The summed E-state index contributed by atoms with van der Waals surface area (Å²) >= 11 is 0. The molecular weight excluding hydrogens is 427 g/mol. The van der Waals surface area contributed by atoms with Crippen molar-refractivity contribution >= 4 is 35.6 Å². The van der Waals surface area contributed by atoms with Gasteiger partial charge in [-0.2, -0.15) is 0 Å². The minimum absolute atomic E-state index is 0. The molecule has 2 aliphatic rings. The van der Waals surface area contributed by atoms with Crippen LogP contribution < -0.4 is 20.3 Å². The van der Waals surface area contributed by atoms with Gasteiger partial charge >= 0.3 is 0 Å². The maximum Gasteiger partial charge on any atom is 0.191 e. The van der Waals surface area contributed by atoms with E-state index in [-0.39, 0.29) is 24.0 Å². The highest BCUT2D eigenvalue weighted by atomic mass is 127. The average Bonchev–Trinajstić information content (AvgIpc) is 3.30. The van der Waals surface area contributed by atoms with E-state index in [9.17, 15) is 0 Å². The summed E-state index contributed by atoms with van der Waals surface area (Å²) in [5.41, 5.74) is 1.20. The molecule has 0 radical (unpaired) electrons. The largest absolute Gasteiger partial charge is 0.495 e. The summed E-state index contributed by atoms with van der Waals surface area (Å²) < 4.78 is 5.49. The Bertz CT molecular complexity index is 597. The number of ether oxygens (including phenoxy) is 1. The van der Waals surface area contributed by atoms with Crippen LogP contribution in [-0.4, -0.2) is 45.8 Å². The molecule has 1 aliphatic carbocycles. The highest BCUT2D eigenvalue weighted by Crippen LogP contribution is 2.31. The Hall–Kier alpha value is -1.44. The lowest BCUT2D eigenvalue weighted by Crippen LogP contribution is -2.44. The molecule has 1 atom stereocenters. The van der Waals surface area contributed by atoms with Gasteiger partial charge in [0.25, 0.3) is 0 Å². The topological polar surface area (TPSA) is 48.9 Å². The lowest BCUT2D eigenvalue weighted by molar-refractivity contribution is 0.414. The third-order valence-corrected chi connectivity index (χ3v) is 4.84. The summed E-state index contributed by atoms with van der Waals surface area (Å²) in [6, 6.07) is 8.75. The van der Waals surface area contributed by atoms with E-state index in [1.54, 1.807) is 7.11 Å². The second-order valence-electron chi connectivity index (χ2n) is 6.51. The predicted molar refractivity (Wildman–Crippen MR) is 115 cm³/mol. The van der Waals surface area contributed by atoms with Crippen LogP contribution in [-0.2, 0) is 0 Å². The number of nitrogens with zero attached hydrogens (tertiary/aromatic N) is 2. The molecule has 2 N–H and O–H groups in total. The van der Waals surface area contributed by atoms with E-state index >= 15 is 0 Å². The SMILES string of the molecule is CN=C(NCC1CCN(c2ccccc2OC)C1)NC1CC=CC1.I. The van der Waals surface area contributed by atoms with Crippen molar-refractivity contribution in [3.63, 3.8) is 0 Å². The van der Waals surface area contributed by atoms with Crippen molar-refractivity contribution in [1.29, 1.82) is 0 Å². The molecule has 1 aliphatic heterocycles. The molecule has 0 amide bonds. The van der Waals surface area contributed by atoms with Crippen LogP contribution in [0.3, 0.4) is 0 Å². The Labute approximate surface area is 167 Å². The average molecular weight is 456 g/mol. The Morgan fingerprint density at radius 3 is 2.76 bits per heavy atom. The van der Waals surface area contributed by atoms with Gasteiger partial charge in [0.05, 0.1) is 12.8 Å². The zero-order chi connectivity index (χ0) is 16.8. The lowest BCUT2D eigenvalue weighted by Gasteiger charge is -2.22. The first-order chi connectivity index (χ1) is 11.8. The predicted octanol–water partition coefficient (Wildman–Crippen LogP) is 3.02. The van der Waals surface area contributed by atoms with E-state index in [2.05, 4.69) is 44.8 Å². The standard InChI is InChI=1S/C19H28N4O.HI/c1-20-19(22-16-7-3-4-8-16)21-13-15-11-12-23(14-15)17-9-5-6-10-18(17)24-2;/h3-6,9-10,15-16H,7-8,11-14H2,1-2H3,(H2,20,21,22);1H. The van der Waals surface area contributed by atoms with E-state index in [0.29, 0.717) is 12.0 Å². The summed E-state index contributed by atoms with van der Waals surface area (Å²) in [6.45, 7) is 3.08. The molecule has 25 heavy (non-hydrogen) atoms. The maximum absolute atomic E-state index is 5.49. The second-order valence-corrected chi connectivity index (χ2v) is 6.51. The number of halogens is 1. The van der Waals surface area contributed by atoms with E-state index in [1.807, 2.05) is 19.2 Å². The first-order valence-corrected chi connectivity index (χ1v) is 8.80.